The first kappa shape index (κ1) is 30.6. The number of aliphatic hydroxyl groups is 1. The fourth-order valence-corrected chi connectivity index (χ4v) is 6.53. The fraction of sp³-hybridized carbons (Fsp3) is 0.355. The van der Waals surface area contributed by atoms with Gasteiger partial charge in [0.2, 0.25) is 11.8 Å². The number of amides is 2. The highest BCUT2D eigenvalue weighted by Gasteiger charge is 2.58. The van der Waals surface area contributed by atoms with Gasteiger partial charge in [-0.25, -0.2) is 0 Å². The van der Waals surface area contributed by atoms with E-state index in [0.717, 1.165) is 16.5 Å². The van der Waals surface area contributed by atoms with E-state index in [1.165, 1.54) is 34.9 Å². The Morgan fingerprint density at radius 3 is 2.41 bits per heavy atom. The summed E-state index contributed by atoms with van der Waals surface area (Å²) >= 11 is 1.24. The molecular formula is C31H33F3N2O4S. The number of carbonyl (C=O) groups is 2. The molecule has 1 heterocycles. The summed E-state index contributed by atoms with van der Waals surface area (Å²) in [5, 5.41) is 12.5. The molecule has 0 radical (unpaired) electrons. The van der Waals surface area contributed by atoms with Crippen LogP contribution in [0.25, 0.3) is 0 Å². The predicted octanol–water partition coefficient (Wildman–Crippen LogP) is 5.66. The van der Waals surface area contributed by atoms with E-state index in [-0.39, 0.29) is 31.0 Å². The lowest BCUT2D eigenvalue weighted by Crippen LogP contribution is -2.48. The maximum absolute atomic E-state index is 14.1. The largest absolute Gasteiger partial charge is 0.416 e. The van der Waals surface area contributed by atoms with Crippen molar-refractivity contribution in [1.82, 2.24) is 10.2 Å². The summed E-state index contributed by atoms with van der Waals surface area (Å²) in [4.78, 5) is 30.0. The van der Waals surface area contributed by atoms with Crippen LogP contribution in [0.2, 0.25) is 0 Å². The number of nitrogens with one attached hydrogen (secondary N) is 1. The number of nitrogens with zero attached hydrogens (tertiary/aromatic N) is 1. The van der Waals surface area contributed by atoms with Gasteiger partial charge in [0, 0.05) is 31.7 Å². The first-order valence-corrected chi connectivity index (χ1v) is 14.1. The second-order valence-electron chi connectivity index (χ2n) is 10.1. The van der Waals surface area contributed by atoms with Crippen molar-refractivity contribution in [2.45, 2.75) is 54.8 Å². The molecule has 41 heavy (non-hydrogen) atoms. The number of halogens is 3. The Hall–Kier alpha value is -3.34. The van der Waals surface area contributed by atoms with Crippen LogP contribution in [-0.2, 0) is 33.7 Å². The van der Waals surface area contributed by atoms with Crippen molar-refractivity contribution >= 4 is 23.6 Å². The first-order valence-electron chi connectivity index (χ1n) is 13.3. The number of aliphatic hydroxyl groups excluding tert-OH is 1. The number of thioether (sulfide) groups is 1. The molecule has 0 aromatic heterocycles. The fourth-order valence-electron chi connectivity index (χ4n) is 5.10. The summed E-state index contributed by atoms with van der Waals surface area (Å²) in [6.07, 6.45) is -4.26. The van der Waals surface area contributed by atoms with Crippen LogP contribution in [0.15, 0.2) is 77.7 Å². The van der Waals surface area contributed by atoms with E-state index in [9.17, 15) is 27.9 Å². The minimum absolute atomic E-state index is 0.0537. The maximum atomic E-state index is 14.1. The quantitative estimate of drug-likeness (QED) is 0.284. The molecule has 2 N–H and O–H groups in total. The molecule has 3 aromatic carbocycles. The lowest BCUT2D eigenvalue weighted by molar-refractivity contribution is -0.139. The van der Waals surface area contributed by atoms with E-state index >= 15 is 0 Å². The molecule has 1 aliphatic heterocycles. The Morgan fingerprint density at radius 2 is 1.78 bits per heavy atom. The SMILES string of the molecule is COCCCNC(=O)[C@@]1(Sc2ccc(C)cc2)CC(=O)N(Cc2ccccc2C(F)(F)F)[C@@H]1c1ccc(CO)cc1. The molecule has 0 bridgehead atoms. The summed E-state index contributed by atoms with van der Waals surface area (Å²) < 4.78 is 45.5. The number of likely N-dealkylation sites (tertiary alicyclic amines) is 1. The van der Waals surface area contributed by atoms with Crippen LogP contribution in [0, 0.1) is 6.92 Å². The van der Waals surface area contributed by atoms with Gasteiger partial charge in [-0.3, -0.25) is 9.59 Å². The van der Waals surface area contributed by atoms with Crippen LogP contribution in [0.5, 0.6) is 0 Å². The second-order valence-corrected chi connectivity index (χ2v) is 11.5. The molecule has 1 saturated heterocycles. The highest BCUT2D eigenvalue weighted by atomic mass is 32.2. The van der Waals surface area contributed by atoms with Crippen LogP contribution in [0.4, 0.5) is 13.2 Å². The Balaban J connectivity index is 1.84. The molecule has 1 fully saturated rings. The van der Waals surface area contributed by atoms with Gasteiger partial charge in [-0.1, -0.05) is 60.2 Å². The Kier molecular flexibility index (Phi) is 9.78. The van der Waals surface area contributed by atoms with Crippen molar-refractivity contribution in [3.63, 3.8) is 0 Å². The number of rotatable bonds is 11. The van der Waals surface area contributed by atoms with Crippen molar-refractivity contribution in [3.05, 3.63) is 101 Å². The van der Waals surface area contributed by atoms with Gasteiger partial charge in [-0.15, -0.1) is 11.8 Å². The van der Waals surface area contributed by atoms with E-state index in [1.54, 1.807) is 31.4 Å². The van der Waals surface area contributed by atoms with Gasteiger partial charge in [-0.2, -0.15) is 13.2 Å². The summed E-state index contributed by atoms with van der Waals surface area (Å²) in [6.45, 7) is 2.16. The van der Waals surface area contributed by atoms with Crippen molar-refractivity contribution in [2.75, 3.05) is 20.3 Å². The third kappa shape index (κ3) is 6.94. The van der Waals surface area contributed by atoms with Gasteiger partial charge >= 0.3 is 6.18 Å². The van der Waals surface area contributed by atoms with E-state index in [0.29, 0.717) is 30.7 Å². The summed E-state index contributed by atoms with van der Waals surface area (Å²) in [5.74, 6) is -0.805. The average molecular weight is 587 g/mol. The molecule has 10 heteroatoms. The number of carbonyl (C=O) groups excluding carboxylic acids is 2. The van der Waals surface area contributed by atoms with E-state index in [1.807, 2.05) is 31.2 Å². The molecule has 2 atom stereocenters. The highest BCUT2D eigenvalue weighted by molar-refractivity contribution is 8.01. The highest BCUT2D eigenvalue weighted by Crippen LogP contribution is 2.53. The lowest BCUT2D eigenvalue weighted by Gasteiger charge is -2.37. The summed E-state index contributed by atoms with van der Waals surface area (Å²) in [7, 11) is 1.56. The number of ether oxygens (including phenoxy) is 1. The molecule has 1 aliphatic rings. The summed E-state index contributed by atoms with van der Waals surface area (Å²) in [5.41, 5.74) is 1.37. The molecule has 0 aliphatic carbocycles. The number of methoxy groups -OCH3 is 1. The Bertz CT molecular complexity index is 1350. The molecule has 4 rings (SSSR count). The minimum atomic E-state index is -4.61. The molecule has 0 saturated carbocycles. The van der Waals surface area contributed by atoms with Gasteiger partial charge in [0.1, 0.15) is 4.75 Å². The van der Waals surface area contributed by atoms with Crippen LogP contribution in [0.3, 0.4) is 0 Å². The van der Waals surface area contributed by atoms with Crippen molar-refractivity contribution in [3.8, 4) is 0 Å². The van der Waals surface area contributed by atoms with Gasteiger partial charge < -0.3 is 20.1 Å². The smallest absolute Gasteiger partial charge is 0.392 e. The maximum Gasteiger partial charge on any atom is 0.416 e. The third-order valence-electron chi connectivity index (χ3n) is 7.15. The number of aryl methyl sites for hydroxylation is 1. The van der Waals surface area contributed by atoms with Crippen LogP contribution < -0.4 is 5.32 Å². The molecule has 2 amide bonds. The topological polar surface area (TPSA) is 78.9 Å². The van der Waals surface area contributed by atoms with E-state index in [4.69, 9.17) is 4.74 Å². The van der Waals surface area contributed by atoms with E-state index in [2.05, 4.69) is 5.32 Å². The molecule has 218 valence electrons. The standard InChI is InChI=1S/C31H33F3N2O4S/c1-21-8-14-25(15-9-21)41-30(29(39)35-16-5-17-40-2)18-27(38)36(28(30)23-12-10-22(20-37)11-13-23)19-24-6-3-4-7-26(24)31(32,33)34/h3-4,6-15,28,37H,5,16-20H2,1-2H3,(H,35,39)/t28-,30-/m1/s1. The molecule has 0 unspecified atom stereocenters. The van der Waals surface area contributed by atoms with Crippen molar-refractivity contribution in [1.29, 1.82) is 0 Å². The van der Waals surface area contributed by atoms with E-state index < -0.39 is 28.4 Å². The second kappa shape index (κ2) is 13.1. The van der Waals surface area contributed by atoms with Gasteiger partial charge in [0.15, 0.2) is 0 Å². The van der Waals surface area contributed by atoms with Gasteiger partial charge in [-0.05, 0) is 48.2 Å². The monoisotopic (exact) mass is 586 g/mol. The number of hydrogen-bond donors (Lipinski definition) is 2. The summed E-state index contributed by atoms with van der Waals surface area (Å²) in [6, 6.07) is 18.7. The zero-order chi connectivity index (χ0) is 29.6. The normalized spacial score (nSPS) is 19.0. The molecule has 6 nitrogen and oxygen atoms in total. The number of hydrogen-bond acceptors (Lipinski definition) is 5. The predicted molar refractivity (Wildman–Crippen MR) is 151 cm³/mol. The third-order valence-corrected chi connectivity index (χ3v) is 8.57. The number of alkyl halides is 3. The Labute approximate surface area is 241 Å². The van der Waals surface area contributed by atoms with Crippen molar-refractivity contribution < 1.29 is 32.6 Å². The number of benzene rings is 3. The average Bonchev–Trinajstić information content (AvgIpc) is 3.23. The Morgan fingerprint density at radius 1 is 1.10 bits per heavy atom. The first-order chi connectivity index (χ1) is 19.6. The van der Waals surface area contributed by atoms with Gasteiger partial charge in [0.05, 0.1) is 24.6 Å². The molecule has 3 aromatic rings. The minimum Gasteiger partial charge on any atom is -0.392 e. The van der Waals surface area contributed by atoms with Crippen LogP contribution in [-0.4, -0.2) is 46.8 Å². The van der Waals surface area contributed by atoms with Crippen LogP contribution in [0.1, 0.15) is 46.7 Å². The van der Waals surface area contributed by atoms with Crippen LogP contribution >= 0.6 is 11.8 Å². The van der Waals surface area contributed by atoms with Gasteiger partial charge in [0.25, 0.3) is 0 Å². The zero-order valence-electron chi connectivity index (χ0n) is 22.9. The molecular weight excluding hydrogens is 553 g/mol. The zero-order valence-corrected chi connectivity index (χ0v) is 23.7. The lowest BCUT2D eigenvalue weighted by atomic mass is 9.90. The molecule has 0 spiro atoms. The van der Waals surface area contributed by atoms with Crippen molar-refractivity contribution in [2.24, 2.45) is 0 Å².